The van der Waals surface area contributed by atoms with Crippen LogP contribution in [0, 0.1) is 0 Å². The number of carbonyl (C=O) groups excluding carboxylic acids is 1. The predicted octanol–water partition coefficient (Wildman–Crippen LogP) is 3.06. The molecule has 1 aromatic carbocycles. The lowest BCUT2D eigenvalue weighted by molar-refractivity contribution is -0.105. The van der Waals surface area contributed by atoms with Crippen molar-refractivity contribution < 1.29 is 14.3 Å². The summed E-state index contributed by atoms with van der Waals surface area (Å²) in [5.74, 6) is 0.565. The molecule has 0 atom stereocenters. The number of ether oxygens (including phenoxy) is 2. The van der Waals surface area contributed by atoms with Crippen molar-refractivity contribution in [2.45, 2.75) is 37.9 Å². The van der Waals surface area contributed by atoms with Gasteiger partial charge in [-0.1, -0.05) is 6.42 Å². The molecule has 0 saturated heterocycles. The summed E-state index contributed by atoms with van der Waals surface area (Å²) in [5, 5.41) is 2.80. The standard InChI is InChI=1S/C18H18N2O4/c21-16-7-4-12(11-19-16)17(22)20-13-5-6-14-15(10-13)24-18(23-14)8-2-1-3-9-18/h4-7,10-11H,1-3,8-9H2,(H,19,21)(H,20,22). The molecule has 0 radical (unpaired) electrons. The molecule has 1 aliphatic heterocycles. The molecule has 2 heterocycles. The highest BCUT2D eigenvalue weighted by Crippen LogP contribution is 2.46. The van der Waals surface area contributed by atoms with Gasteiger partial charge in [-0.15, -0.1) is 0 Å². The van der Waals surface area contributed by atoms with Crippen LogP contribution in [0.5, 0.6) is 11.5 Å². The van der Waals surface area contributed by atoms with Crippen molar-refractivity contribution in [1.29, 1.82) is 0 Å². The second-order valence-corrected chi connectivity index (χ2v) is 6.23. The zero-order valence-electron chi connectivity index (χ0n) is 13.1. The maximum absolute atomic E-state index is 12.2. The molecule has 2 aliphatic rings. The molecule has 0 bridgehead atoms. The molecule has 0 unspecified atom stereocenters. The Bertz CT molecular complexity index is 817. The third-order valence-corrected chi connectivity index (χ3v) is 4.46. The van der Waals surface area contributed by atoms with Gasteiger partial charge in [-0.05, 0) is 31.0 Å². The number of H-pyrrole nitrogens is 1. The maximum Gasteiger partial charge on any atom is 0.257 e. The van der Waals surface area contributed by atoms with Crippen LogP contribution >= 0.6 is 0 Å². The Balaban J connectivity index is 1.51. The van der Waals surface area contributed by atoms with E-state index in [0.29, 0.717) is 17.0 Å². The Hall–Kier alpha value is -2.76. The molecular weight excluding hydrogens is 308 g/mol. The van der Waals surface area contributed by atoms with E-state index in [9.17, 15) is 9.59 Å². The molecular formula is C18H18N2O4. The van der Waals surface area contributed by atoms with Gasteiger partial charge in [0.2, 0.25) is 5.56 Å². The molecule has 2 N–H and O–H groups in total. The number of hydrogen-bond donors (Lipinski definition) is 2. The highest BCUT2D eigenvalue weighted by Gasteiger charge is 2.42. The minimum absolute atomic E-state index is 0.243. The van der Waals surface area contributed by atoms with Gasteiger partial charge in [-0.25, -0.2) is 0 Å². The summed E-state index contributed by atoms with van der Waals surface area (Å²) in [4.78, 5) is 25.8. The van der Waals surface area contributed by atoms with Gasteiger partial charge in [-0.3, -0.25) is 9.59 Å². The fourth-order valence-corrected chi connectivity index (χ4v) is 3.22. The summed E-state index contributed by atoms with van der Waals surface area (Å²) in [5.41, 5.74) is 0.768. The number of benzene rings is 1. The Morgan fingerprint density at radius 2 is 1.83 bits per heavy atom. The fourth-order valence-electron chi connectivity index (χ4n) is 3.22. The SMILES string of the molecule is O=C(Nc1ccc2c(c1)OC1(CCCCC1)O2)c1ccc(=O)[nH]c1. The van der Waals surface area contributed by atoms with Gasteiger partial charge < -0.3 is 19.8 Å². The number of carbonyl (C=O) groups is 1. The molecule has 24 heavy (non-hydrogen) atoms. The van der Waals surface area contributed by atoms with Crippen LogP contribution in [-0.4, -0.2) is 16.7 Å². The molecule has 1 saturated carbocycles. The van der Waals surface area contributed by atoms with Crippen molar-refractivity contribution in [1.82, 2.24) is 4.98 Å². The first-order valence-electron chi connectivity index (χ1n) is 8.16. The third kappa shape index (κ3) is 2.75. The lowest BCUT2D eigenvalue weighted by atomic mass is 9.94. The lowest BCUT2D eigenvalue weighted by Crippen LogP contribution is -2.40. The van der Waals surface area contributed by atoms with Crippen LogP contribution < -0.4 is 20.3 Å². The van der Waals surface area contributed by atoms with Gasteiger partial charge in [0, 0.05) is 36.9 Å². The van der Waals surface area contributed by atoms with Gasteiger partial charge in [0.1, 0.15) is 0 Å². The van der Waals surface area contributed by atoms with Crippen molar-refractivity contribution in [2.75, 3.05) is 5.32 Å². The van der Waals surface area contributed by atoms with Crippen molar-refractivity contribution in [3.05, 3.63) is 52.4 Å². The monoisotopic (exact) mass is 326 g/mol. The zero-order valence-corrected chi connectivity index (χ0v) is 13.1. The van der Waals surface area contributed by atoms with Crippen molar-refractivity contribution in [2.24, 2.45) is 0 Å². The summed E-state index contributed by atoms with van der Waals surface area (Å²) in [7, 11) is 0. The van der Waals surface area contributed by atoms with Crippen LogP contribution in [0.25, 0.3) is 0 Å². The van der Waals surface area contributed by atoms with E-state index in [-0.39, 0.29) is 11.5 Å². The van der Waals surface area contributed by atoms with Gasteiger partial charge >= 0.3 is 0 Å². The number of aromatic nitrogens is 1. The van der Waals surface area contributed by atoms with E-state index in [1.54, 1.807) is 12.1 Å². The van der Waals surface area contributed by atoms with E-state index in [0.717, 1.165) is 31.4 Å². The first-order chi connectivity index (χ1) is 11.6. The quantitative estimate of drug-likeness (QED) is 0.889. The topological polar surface area (TPSA) is 80.4 Å². The smallest absolute Gasteiger partial charge is 0.257 e. The van der Waals surface area contributed by atoms with Crippen molar-refractivity contribution in [3.63, 3.8) is 0 Å². The van der Waals surface area contributed by atoms with Gasteiger partial charge in [0.05, 0.1) is 5.56 Å². The van der Waals surface area contributed by atoms with Crippen LogP contribution in [0.15, 0.2) is 41.3 Å². The molecule has 124 valence electrons. The number of hydrogen-bond acceptors (Lipinski definition) is 4. The highest BCUT2D eigenvalue weighted by atomic mass is 16.7. The molecule has 1 aromatic heterocycles. The average Bonchev–Trinajstić information content (AvgIpc) is 2.92. The Morgan fingerprint density at radius 3 is 2.58 bits per heavy atom. The third-order valence-electron chi connectivity index (χ3n) is 4.46. The number of nitrogens with one attached hydrogen (secondary N) is 2. The highest BCUT2D eigenvalue weighted by molar-refractivity contribution is 6.04. The zero-order chi connectivity index (χ0) is 16.6. The maximum atomic E-state index is 12.2. The van der Waals surface area contributed by atoms with Crippen LogP contribution in [0.2, 0.25) is 0 Å². The molecule has 6 heteroatoms. The lowest BCUT2D eigenvalue weighted by Gasteiger charge is -2.31. The summed E-state index contributed by atoms with van der Waals surface area (Å²) in [6.07, 6.45) is 6.59. The summed E-state index contributed by atoms with van der Waals surface area (Å²) in [6, 6.07) is 8.19. The summed E-state index contributed by atoms with van der Waals surface area (Å²) < 4.78 is 12.1. The predicted molar refractivity (Wildman–Crippen MR) is 88.5 cm³/mol. The van der Waals surface area contributed by atoms with E-state index < -0.39 is 5.79 Å². The summed E-state index contributed by atoms with van der Waals surface area (Å²) in [6.45, 7) is 0. The number of amides is 1. The minimum Gasteiger partial charge on any atom is -0.448 e. The van der Waals surface area contributed by atoms with Gasteiger partial charge in [-0.2, -0.15) is 0 Å². The Kier molecular flexibility index (Phi) is 3.52. The molecule has 1 fully saturated rings. The molecule has 1 aliphatic carbocycles. The molecule has 1 amide bonds. The Labute approximate surface area is 138 Å². The van der Waals surface area contributed by atoms with E-state index in [1.165, 1.54) is 24.8 Å². The molecule has 4 rings (SSSR count). The number of rotatable bonds is 2. The number of anilines is 1. The second-order valence-electron chi connectivity index (χ2n) is 6.23. The van der Waals surface area contributed by atoms with E-state index in [1.807, 2.05) is 6.07 Å². The van der Waals surface area contributed by atoms with E-state index in [2.05, 4.69) is 10.3 Å². The normalized spacial score (nSPS) is 17.7. The van der Waals surface area contributed by atoms with Gasteiger partial charge in [0.15, 0.2) is 11.5 Å². The largest absolute Gasteiger partial charge is 0.448 e. The second kappa shape index (κ2) is 5.70. The van der Waals surface area contributed by atoms with Crippen molar-refractivity contribution in [3.8, 4) is 11.5 Å². The van der Waals surface area contributed by atoms with Gasteiger partial charge in [0.25, 0.3) is 11.7 Å². The molecule has 1 spiro atoms. The average molecular weight is 326 g/mol. The first-order valence-corrected chi connectivity index (χ1v) is 8.16. The summed E-state index contributed by atoms with van der Waals surface area (Å²) >= 11 is 0. The van der Waals surface area contributed by atoms with Crippen LogP contribution in [-0.2, 0) is 0 Å². The first kappa shape index (κ1) is 14.8. The number of pyridine rings is 1. The van der Waals surface area contributed by atoms with Crippen LogP contribution in [0.1, 0.15) is 42.5 Å². The number of aromatic amines is 1. The Morgan fingerprint density at radius 1 is 1.04 bits per heavy atom. The molecule has 6 nitrogen and oxygen atoms in total. The van der Waals surface area contributed by atoms with Crippen LogP contribution in [0.3, 0.4) is 0 Å². The van der Waals surface area contributed by atoms with Crippen LogP contribution in [0.4, 0.5) is 5.69 Å². The van der Waals surface area contributed by atoms with E-state index in [4.69, 9.17) is 9.47 Å². The van der Waals surface area contributed by atoms with E-state index >= 15 is 0 Å². The van der Waals surface area contributed by atoms with Crippen molar-refractivity contribution >= 4 is 11.6 Å². The fraction of sp³-hybridized carbons (Fsp3) is 0.333. The molecule has 2 aromatic rings. The minimum atomic E-state index is -0.526. The number of fused-ring (bicyclic) bond motifs is 1.